The predicted molar refractivity (Wildman–Crippen MR) is 75.8 cm³/mol. The maximum absolute atomic E-state index is 13.9. The Morgan fingerprint density at radius 2 is 2.00 bits per heavy atom. The third kappa shape index (κ3) is 4.31. The summed E-state index contributed by atoms with van der Waals surface area (Å²) >= 11 is 0. The van der Waals surface area contributed by atoms with E-state index in [4.69, 9.17) is 0 Å². The molecule has 19 heavy (non-hydrogen) atoms. The van der Waals surface area contributed by atoms with E-state index in [1.807, 2.05) is 32.8 Å². The van der Waals surface area contributed by atoms with Crippen molar-refractivity contribution in [3.05, 3.63) is 35.1 Å². The standard InChI is InChI=1S/C15H23FN2O/c1-10(2)13(9-18(4)5)17-15(19)12-8-6-7-11(3)14(12)16/h6-8,10,13H,9H2,1-5H3,(H,17,19). The SMILES string of the molecule is Cc1cccc(C(=O)NC(CN(C)C)C(C)C)c1F. The van der Waals surface area contributed by atoms with Crippen LogP contribution in [0, 0.1) is 18.7 Å². The lowest BCUT2D eigenvalue weighted by molar-refractivity contribution is 0.0912. The second kappa shape index (κ2) is 6.66. The van der Waals surface area contributed by atoms with Crippen LogP contribution in [0.3, 0.4) is 0 Å². The van der Waals surface area contributed by atoms with E-state index in [2.05, 4.69) is 5.32 Å². The highest BCUT2D eigenvalue weighted by molar-refractivity contribution is 5.94. The number of hydrogen-bond donors (Lipinski definition) is 1. The van der Waals surface area contributed by atoms with Gasteiger partial charge in [0.15, 0.2) is 0 Å². The van der Waals surface area contributed by atoms with E-state index in [0.29, 0.717) is 11.5 Å². The highest BCUT2D eigenvalue weighted by Crippen LogP contribution is 2.13. The fourth-order valence-corrected chi connectivity index (χ4v) is 1.89. The number of likely N-dealkylation sites (N-methyl/N-ethyl adjacent to an activating group) is 1. The first-order valence-electron chi connectivity index (χ1n) is 6.53. The van der Waals surface area contributed by atoms with Gasteiger partial charge < -0.3 is 10.2 Å². The third-order valence-electron chi connectivity index (χ3n) is 3.12. The number of carbonyl (C=O) groups excluding carboxylic acids is 1. The highest BCUT2D eigenvalue weighted by Gasteiger charge is 2.20. The molecule has 1 unspecified atom stereocenters. The van der Waals surface area contributed by atoms with Gasteiger partial charge in [-0.25, -0.2) is 4.39 Å². The van der Waals surface area contributed by atoms with Crippen LogP contribution in [0.5, 0.6) is 0 Å². The maximum Gasteiger partial charge on any atom is 0.254 e. The van der Waals surface area contributed by atoms with Crippen LogP contribution in [0.2, 0.25) is 0 Å². The van der Waals surface area contributed by atoms with Gasteiger partial charge in [0, 0.05) is 12.6 Å². The van der Waals surface area contributed by atoms with Crippen LogP contribution >= 0.6 is 0 Å². The Morgan fingerprint density at radius 1 is 1.37 bits per heavy atom. The van der Waals surface area contributed by atoms with E-state index in [1.54, 1.807) is 19.1 Å². The summed E-state index contributed by atoms with van der Waals surface area (Å²) in [6.45, 7) is 6.48. The molecule has 0 fully saturated rings. The summed E-state index contributed by atoms with van der Waals surface area (Å²) in [4.78, 5) is 14.2. The minimum absolute atomic E-state index is 0.00223. The summed E-state index contributed by atoms with van der Waals surface area (Å²) in [5.41, 5.74) is 0.603. The average Bonchev–Trinajstić information content (AvgIpc) is 2.31. The molecule has 0 heterocycles. The van der Waals surface area contributed by atoms with Crippen LogP contribution in [0.4, 0.5) is 4.39 Å². The van der Waals surface area contributed by atoms with Gasteiger partial charge in [0.1, 0.15) is 5.82 Å². The monoisotopic (exact) mass is 266 g/mol. The molecule has 1 rings (SSSR count). The number of nitrogens with one attached hydrogen (secondary N) is 1. The van der Waals surface area contributed by atoms with Crippen molar-refractivity contribution in [2.24, 2.45) is 5.92 Å². The molecular weight excluding hydrogens is 243 g/mol. The van der Waals surface area contributed by atoms with Crippen LogP contribution in [0.15, 0.2) is 18.2 Å². The van der Waals surface area contributed by atoms with Gasteiger partial charge in [0.2, 0.25) is 0 Å². The normalized spacial score (nSPS) is 12.8. The number of aryl methyl sites for hydroxylation is 1. The lowest BCUT2D eigenvalue weighted by atomic mass is 10.0. The summed E-state index contributed by atoms with van der Waals surface area (Å²) < 4.78 is 13.9. The Labute approximate surface area is 114 Å². The average molecular weight is 266 g/mol. The molecule has 0 aromatic heterocycles. The van der Waals surface area contributed by atoms with Gasteiger partial charge in [-0.3, -0.25) is 4.79 Å². The van der Waals surface area contributed by atoms with Crippen LogP contribution in [0.25, 0.3) is 0 Å². The van der Waals surface area contributed by atoms with Crippen LogP contribution in [0.1, 0.15) is 29.8 Å². The van der Waals surface area contributed by atoms with E-state index in [0.717, 1.165) is 6.54 Å². The van der Waals surface area contributed by atoms with E-state index < -0.39 is 5.82 Å². The molecule has 0 spiro atoms. The molecular formula is C15H23FN2O. The Balaban J connectivity index is 2.85. The second-order valence-corrected chi connectivity index (χ2v) is 5.52. The van der Waals surface area contributed by atoms with Gasteiger partial charge >= 0.3 is 0 Å². The topological polar surface area (TPSA) is 32.3 Å². The van der Waals surface area contributed by atoms with Gasteiger partial charge in [-0.2, -0.15) is 0 Å². The molecule has 1 N–H and O–H groups in total. The molecule has 0 saturated carbocycles. The van der Waals surface area contributed by atoms with Crippen molar-refractivity contribution in [3.63, 3.8) is 0 Å². The molecule has 0 aliphatic rings. The highest BCUT2D eigenvalue weighted by atomic mass is 19.1. The molecule has 1 aromatic rings. The number of hydrogen-bond acceptors (Lipinski definition) is 2. The zero-order valence-electron chi connectivity index (χ0n) is 12.3. The number of rotatable bonds is 5. The van der Waals surface area contributed by atoms with Crippen LogP contribution < -0.4 is 5.32 Å². The second-order valence-electron chi connectivity index (χ2n) is 5.52. The van der Waals surface area contributed by atoms with Crippen LogP contribution in [-0.4, -0.2) is 37.5 Å². The summed E-state index contributed by atoms with van der Waals surface area (Å²) in [6.07, 6.45) is 0. The van der Waals surface area contributed by atoms with Gasteiger partial charge in [-0.15, -0.1) is 0 Å². The zero-order valence-corrected chi connectivity index (χ0v) is 12.3. The number of amides is 1. The van der Waals surface area contributed by atoms with E-state index in [9.17, 15) is 9.18 Å². The van der Waals surface area contributed by atoms with Crippen molar-refractivity contribution in [1.82, 2.24) is 10.2 Å². The fraction of sp³-hybridized carbons (Fsp3) is 0.533. The molecule has 4 heteroatoms. The predicted octanol–water partition coefficient (Wildman–Crippen LogP) is 2.45. The number of carbonyl (C=O) groups is 1. The van der Waals surface area contributed by atoms with Gasteiger partial charge in [0.05, 0.1) is 5.56 Å². The molecule has 1 aromatic carbocycles. The molecule has 1 amide bonds. The van der Waals surface area contributed by atoms with Gasteiger partial charge in [0.25, 0.3) is 5.91 Å². The van der Waals surface area contributed by atoms with Crippen molar-refractivity contribution in [3.8, 4) is 0 Å². The minimum atomic E-state index is -0.438. The largest absolute Gasteiger partial charge is 0.348 e. The van der Waals surface area contributed by atoms with Crippen LogP contribution in [-0.2, 0) is 0 Å². The summed E-state index contributed by atoms with van der Waals surface area (Å²) in [6, 6.07) is 4.88. The molecule has 0 aliphatic carbocycles. The molecule has 0 saturated heterocycles. The van der Waals surface area contributed by atoms with Gasteiger partial charge in [-0.05, 0) is 38.6 Å². The van der Waals surface area contributed by atoms with Crippen molar-refractivity contribution in [2.75, 3.05) is 20.6 Å². The Kier molecular flexibility index (Phi) is 5.48. The van der Waals surface area contributed by atoms with Crippen molar-refractivity contribution in [2.45, 2.75) is 26.8 Å². The maximum atomic E-state index is 13.9. The summed E-state index contributed by atoms with van der Waals surface area (Å²) in [5.74, 6) is -0.492. The summed E-state index contributed by atoms with van der Waals surface area (Å²) in [7, 11) is 3.91. The Morgan fingerprint density at radius 3 is 2.53 bits per heavy atom. The molecule has 0 aliphatic heterocycles. The fourth-order valence-electron chi connectivity index (χ4n) is 1.89. The molecule has 0 bridgehead atoms. The Hall–Kier alpha value is -1.42. The number of nitrogens with zero attached hydrogens (tertiary/aromatic N) is 1. The first-order valence-corrected chi connectivity index (χ1v) is 6.53. The smallest absolute Gasteiger partial charge is 0.254 e. The van der Waals surface area contributed by atoms with Crippen molar-refractivity contribution >= 4 is 5.91 Å². The minimum Gasteiger partial charge on any atom is -0.348 e. The quantitative estimate of drug-likeness (QED) is 0.888. The number of benzene rings is 1. The summed E-state index contributed by atoms with van der Waals surface area (Å²) in [5, 5.41) is 2.91. The third-order valence-corrected chi connectivity index (χ3v) is 3.12. The van der Waals surface area contributed by atoms with E-state index >= 15 is 0 Å². The molecule has 1 atom stereocenters. The molecule has 3 nitrogen and oxygen atoms in total. The van der Waals surface area contributed by atoms with E-state index in [-0.39, 0.29) is 17.5 Å². The van der Waals surface area contributed by atoms with Gasteiger partial charge in [-0.1, -0.05) is 26.0 Å². The zero-order chi connectivity index (χ0) is 14.6. The first kappa shape index (κ1) is 15.6. The first-order chi connectivity index (χ1) is 8.82. The van der Waals surface area contributed by atoms with E-state index in [1.165, 1.54) is 6.07 Å². The lowest BCUT2D eigenvalue weighted by Gasteiger charge is -2.25. The number of halogens is 1. The lowest BCUT2D eigenvalue weighted by Crippen LogP contribution is -2.45. The van der Waals surface area contributed by atoms with Crippen molar-refractivity contribution in [1.29, 1.82) is 0 Å². The molecule has 106 valence electrons. The van der Waals surface area contributed by atoms with Crippen molar-refractivity contribution < 1.29 is 9.18 Å². The molecule has 0 radical (unpaired) electrons. The Bertz CT molecular complexity index is 444.